The molecule has 1 aromatic carbocycles. The van der Waals surface area contributed by atoms with Crippen LogP contribution < -0.4 is 10.1 Å². The van der Waals surface area contributed by atoms with Gasteiger partial charge in [0, 0.05) is 19.1 Å². The van der Waals surface area contributed by atoms with Gasteiger partial charge in [-0.3, -0.25) is 0 Å². The summed E-state index contributed by atoms with van der Waals surface area (Å²) < 4.78 is 25.1. The van der Waals surface area contributed by atoms with E-state index >= 15 is 0 Å². The van der Waals surface area contributed by atoms with E-state index in [4.69, 9.17) is 9.47 Å². The smallest absolute Gasteiger partial charge is 0.128 e. The normalized spacial score (nSPS) is 25.3. The van der Waals surface area contributed by atoms with E-state index in [0.29, 0.717) is 17.4 Å². The Bertz CT molecular complexity index is 438. The minimum absolute atomic E-state index is 0.0514. The highest BCUT2D eigenvalue weighted by Crippen LogP contribution is 2.30. The molecule has 3 atom stereocenters. The molecule has 1 aliphatic rings. The molecule has 0 bridgehead atoms. The third kappa shape index (κ3) is 3.49. The molecule has 0 amide bonds. The Kier molecular flexibility index (Phi) is 5.38. The minimum Gasteiger partial charge on any atom is -0.488 e. The van der Waals surface area contributed by atoms with Gasteiger partial charge >= 0.3 is 0 Å². The van der Waals surface area contributed by atoms with Crippen LogP contribution in [0.4, 0.5) is 4.39 Å². The van der Waals surface area contributed by atoms with E-state index in [1.54, 1.807) is 19.1 Å². The van der Waals surface area contributed by atoms with Crippen molar-refractivity contribution >= 4 is 0 Å². The Labute approximate surface area is 120 Å². The Morgan fingerprint density at radius 1 is 1.35 bits per heavy atom. The zero-order valence-corrected chi connectivity index (χ0v) is 12.5. The first-order valence-corrected chi connectivity index (χ1v) is 7.43. The van der Waals surface area contributed by atoms with Crippen molar-refractivity contribution in [1.29, 1.82) is 0 Å². The summed E-state index contributed by atoms with van der Waals surface area (Å²) in [7, 11) is 0. The zero-order valence-electron chi connectivity index (χ0n) is 12.5. The standard InChI is InChI=1S/C16H24FNO2/c1-4-8-19-16-14(18-5-2)10-15(16)20-12-6-7-13(17)11(3)9-12/h6-7,9,14-16,18H,4-5,8,10H2,1-3H3. The fraction of sp³-hybridized carbons (Fsp3) is 0.625. The predicted octanol–water partition coefficient (Wildman–Crippen LogP) is 3.06. The lowest BCUT2D eigenvalue weighted by Crippen LogP contribution is -2.61. The van der Waals surface area contributed by atoms with Gasteiger partial charge in [0.2, 0.25) is 0 Å². The van der Waals surface area contributed by atoms with Gasteiger partial charge in [0.1, 0.15) is 23.8 Å². The molecule has 0 spiro atoms. The van der Waals surface area contributed by atoms with Crippen LogP contribution in [0.3, 0.4) is 0 Å². The van der Waals surface area contributed by atoms with Crippen LogP contribution in [-0.4, -0.2) is 31.4 Å². The fourth-order valence-electron chi connectivity index (χ4n) is 2.50. The van der Waals surface area contributed by atoms with Crippen molar-refractivity contribution < 1.29 is 13.9 Å². The van der Waals surface area contributed by atoms with Gasteiger partial charge in [-0.2, -0.15) is 0 Å². The van der Waals surface area contributed by atoms with Gasteiger partial charge in [-0.05, 0) is 43.7 Å². The first-order valence-electron chi connectivity index (χ1n) is 7.43. The van der Waals surface area contributed by atoms with E-state index in [1.807, 2.05) is 0 Å². The number of halogens is 1. The Morgan fingerprint density at radius 2 is 2.15 bits per heavy atom. The van der Waals surface area contributed by atoms with Gasteiger partial charge < -0.3 is 14.8 Å². The molecule has 0 aromatic heterocycles. The maximum atomic E-state index is 13.2. The van der Waals surface area contributed by atoms with E-state index in [1.165, 1.54) is 6.07 Å². The van der Waals surface area contributed by atoms with Gasteiger partial charge in [-0.25, -0.2) is 4.39 Å². The molecule has 0 radical (unpaired) electrons. The van der Waals surface area contributed by atoms with E-state index in [-0.39, 0.29) is 18.0 Å². The molecule has 1 aromatic rings. The maximum Gasteiger partial charge on any atom is 0.128 e. The van der Waals surface area contributed by atoms with Crippen LogP contribution in [0, 0.1) is 12.7 Å². The summed E-state index contributed by atoms with van der Waals surface area (Å²) in [6, 6.07) is 5.23. The second-order valence-corrected chi connectivity index (χ2v) is 5.30. The zero-order chi connectivity index (χ0) is 14.5. The highest BCUT2D eigenvalue weighted by Gasteiger charge is 2.43. The third-order valence-electron chi connectivity index (χ3n) is 3.65. The molecule has 112 valence electrons. The summed E-state index contributed by atoms with van der Waals surface area (Å²) in [6.45, 7) is 7.61. The van der Waals surface area contributed by atoms with Crippen molar-refractivity contribution in [2.75, 3.05) is 13.2 Å². The highest BCUT2D eigenvalue weighted by atomic mass is 19.1. The SMILES string of the molecule is CCCOC1C(NCC)CC1Oc1ccc(F)c(C)c1. The molecule has 4 heteroatoms. The molecular weight excluding hydrogens is 257 g/mol. The van der Waals surface area contributed by atoms with Gasteiger partial charge in [0.15, 0.2) is 0 Å². The molecule has 0 aliphatic heterocycles. The lowest BCUT2D eigenvalue weighted by Gasteiger charge is -2.44. The van der Waals surface area contributed by atoms with E-state index in [2.05, 4.69) is 19.2 Å². The molecule has 1 saturated carbocycles. The fourth-order valence-corrected chi connectivity index (χ4v) is 2.50. The van der Waals surface area contributed by atoms with E-state index in [9.17, 15) is 4.39 Å². The van der Waals surface area contributed by atoms with Crippen LogP contribution >= 0.6 is 0 Å². The van der Waals surface area contributed by atoms with Crippen LogP contribution in [0.5, 0.6) is 5.75 Å². The molecular formula is C16H24FNO2. The number of rotatable bonds is 7. The molecule has 1 aliphatic carbocycles. The summed E-state index contributed by atoms with van der Waals surface area (Å²) in [4.78, 5) is 0. The molecule has 20 heavy (non-hydrogen) atoms. The number of likely N-dealkylation sites (N-methyl/N-ethyl adjacent to an activating group) is 1. The molecule has 0 heterocycles. The topological polar surface area (TPSA) is 30.5 Å². The van der Waals surface area contributed by atoms with Crippen molar-refractivity contribution in [3.63, 3.8) is 0 Å². The van der Waals surface area contributed by atoms with Crippen molar-refractivity contribution in [1.82, 2.24) is 5.32 Å². The quantitative estimate of drug-likeness (QED) is 0.833. The van der Waals surface area contributed by atoms with Crippen LogP contribution in [0.15, 0.2) is 18.2 Å². The Hall–Kier alpha value is -1.13. The summed E-state index contributed by atoms with van der Waals surface area (Å²) in [5, 5.41) is 3.41. The largest absolute Gasteiger partial charge is 0.488 e. The molecule has 1 fully saturated rings. The predicted molar refractivity (Wildman–Crippen MR) is 77.7 cm³/mol. The summed E-state index contributed by atoms with van der Waals surface area (Å²) in [5.41, 5.74) is 0.607. The van der Waals surface area contributed by atoms with Crippen molar-refractivity contribution in [3.8, 4) is 5.75 Å². The Balaban J connectivity index is 1.95. The summed E-state index contributed by atoms with van der Waals surface area (Å²) in [5.74, 6) is 0.518. The van der Waals surface area contributed by atoms with Crippen LogP contribution in [-0.2, 0) is 4.74 Å². The van der Waals surface area contributed by atoms with Crippen LogP contribution in [0.1, 0.15) is 32.3 Å². The molecule has 1 N–H and O–H groups in total. The van der Waals surface area contributed by atoms with E-state index < -0.39 is 0 Å². The summed E-state index contributed by atoms with van der Waals surface area (Å²) >= 11 is 0. The van der Waals surface area contributed by atoms with Gasteiger partial charge in [-0.1, -0.05) is 13.8 Å². The molecule has 3 nitrogen and oxygen atoms in total. The number of ether oxygens (including phenoxy) is 2. The Morgan fingerprint density at radius 3 is 2.80 bits per heavy atom. The lowest BCUT2D eigenvalue weighted by molar-refractivity contribution is -0.107. The second-order valence-electron chi connectivity index (χ2n) is 5.30. The lowest BCUT2D eigenvalue weighted by atomic mass is 9.85. The van der Waals surface area contributed by atoms with Gasteiger partial charge in [-0.15, -0.1) is 0 Å². The van der Waals surface area contributed by atoms with Gasteiger partial charge in [0.25, 0.3) is 0 Å². The average Bonchev–Trinajstić information content (AvgIpc) is 2.42. The number of benzene rings is 1. The molecule has 0 saturated heterocycles. The number of nitrogens with one attached hydrogen (secondary N) is 1. The van der Waals surface area contributed by atoms with Crippen LogP contribution in [0.25, 0.3) is 0 Å². The van der Waals surface area contributed by atoms with Crippen LogP contribution in [0.2, 0.25) is 0 Å². The molecule has 3 unspecified atom stereocenters. The number of aryl methyl sites for hydroxylation is 1. The highest BCUT2D eigenvalue weighted by molar-refractivity contribution is 5.29. The number of hydrogen-bond donors (Lipinski definition) is 1. The van der Waals surface area contributed by atoms with Crippen molar-refractivity contribution in [3.05, 3.63) is 29.6 Å². The van der Waals surface area contributed by atoms with Crippen molar-refractivity contribution in [2.45, 2.75) is 51.9 Å². The second kappa shape index (κ2) is 7.04. The minimum atomic E-state index is -0.199. The third-order valence-corrected chi connectivity index (χ3v) is 3.65. The first kappa shape index (κ1) is 15.3. The van der Waals surface area contributed by atoms with Crippen molar-refractivity contribution in [2.24, 2.45) is 0 Å². The average molecular weight is 281 g/mol. The maximum absolute atomic E-state index is 13.2. The monoisotopic (exact) mass is 281 g/mol. The number of hydrogen-bond acceptors (Lipinski definition) is 3. The van der Waals surface area contributed by atoms with E-state index in [0.717, 1.165) is 26.0 Å². The molecule has 2 rings (SSSR count). The first-order chi connectivity index (χ1) is 9.65. The summed E-state index contributed by atoms with van der Waals surface area (Å²) in [6.07, 6.45) is 2.06. The van der Waals surface area contributed by atoms with Gasteiger partial charge in [0.05, 0.1) is 0 Å².